The van der Waals surface area contributed by atoms with Gasteiger partial charge < -0.3 is 26.2 Å². The summed E-state index contributed by atoms with van der Waals surface area (Å²) < 4.78 is 5.55. The number of carbonyl (C=O) groups excluding carboxylic acids is 2. The smallest absolute Gasteiger partial charge is 0.319 e. The van der Waals surface area contributed by atoms with Gasteiger partial charge in [0.1, 0.15) is 5.75 Å². The molecule has 28 heavy (non-hydrogen) atoms. The Kier molecular flexibility index (Phi) is 7.22. The van der Waals surface area contributed by atoms with Gasteiger partial charge in [-0.2, -0.15) is 0 Å². The number of urea groups is 1. The number of hydrogen-bond donors (Lipinski definition) is 4. The van der Waals surface area contributed by atoms with E-state index in [0.717, 1.165) is 0 Å². The summed E-state index contributed by atoms with van der Waals surface area (Å²) in [5.41, 5.74) is 6.03. The molecule has 1 aromatic carbocycles. The molecule has 9 heteroatoms. The summed E-state index contributed by atoms with van der Waals surface area (Å²) in [6.07, 6.45) is 1.28. The third-order valence-corrected chi connectivity index (χ3v) is 4.57. The van der Waals surface area contributed by atoms with Crippen LogP contribution in [0.1, 0.15) is 44.0 Å². The zero-order valence-corrected chi connectivity index (χ0v) is 16.4. The zero-order valence-electron chi connectivity index (χ0n) is 16.4. The zero-order chi connectivity index (χ0) is 20.8. The van der Waals surface area contributed by atoms with Crippen molar-refractivity contribution in [3.05, 3.63) is 23.8 Å². The van der Waals surface area contributed by atoms with Gasteiger partial charge in [0.25, 0.3) is 5.91 Å². The Hall–Kier alpha value is -2.81. The SMILES string of the molecule is CCN(CC(=O)O)C1CC(NC(=O)Nc2ccc(OC(C)C)c(C(N)=O)c2)C1. The van der Waals surface area contributed by atoms with Crippen LogP contribution >= 0.6 is 0 Å². The number of carbonyl (C=O) groups is 3. The highest BCUT2D eigenvalue weighted by Crippen LogP contribution is 2.26. The van der Waals surface area contributed by atoms with E-state index >= 15 is 0 Å². The largest absolute Gasteiger partial charge is 0.490 e. The monoisotopic (exact) mass is 392 g/mol. The molecule has 0 saturated heterocycles. The number of ether oxygens (including phenoxy) is 1. The minimum Gasteiger partial charge on any atom is -0.490 e. The average Bonchev–Trinajstić information content (AvgIpc) is 2.56. The highest BCUT2D eigenvalue weighted by Gasteiger charge is 2.34. The van der Waals surface area contributed by atoms with Crippen molar-refractivity contribution in [3.63, 3.8) is 0 Å². The Morgan fingerprint density at radius 2 is 2.00 bits per heavy atom. The van der Waals surface area contributed by atoms with Crippen LogP contribution in [0.25, 0.3) is 0 Å². The van der Waals surface area contributed by atoms with Crippen LogP contribution in [0.15, 0.2) is 18.2 Å². The molecule has 2 rings (SSSR count). The van der Waals surface area contributed by atoms with Gasteiger partial charge in [-0.25, -0.2) is 4.79 Å². The molecule has 3 amide bonds. The van der Waals surface area contributed by atoms with Gasteiger partial charge in [0.2, 0.25) is 0 Å². The molecule has 154 valence electrons. The Bertz CT molecular complexity index is 731. The molecule has 1 aromatic rings. The van der Waals surface area contributed by atoms with Crippen molar-refractivity contribution in [3.8, 4) is 5.75 Å². The molecule has 0 radical (unpaired) electrons. The summed E-state index contributed by atoms with van der Waals surface area (Å²) >= 11 is 0. The number of amides is 3. The normalized spacial score (nSPS) is 18.5. The van der Waals surface area contributed by atoms with Crippen LogP contribution in [0.5, 0.6) is 5.75 Å². The fraction of sp³-hybridized carbons (Fsp3) is 0.526. The lowest BCUT2D eigenvalue weighted by atomic mass is 9.85. The van der Waals surface area contributed by atoms with E-state index in [9.17, 15) is 14.4 Å². The molecule has 1 aliphatic rings. The quantitative estimate of drug-likeness (QED) is 0.505. The number of aliphatic carboxylic acids is 1. The topological polar surface area (TPSA) is 134 Å². The van der Waals surface area contributed by atoms with E-state index in [1.807, 2.05) is 25.7 Å². The standard InChI is InChI=1S/C19H28N4O5/c1-4-23(10-17(24)25)14-7-13(8-14)22-19(27)21-12-5-6-16(28-11(2)3)15(9-12)18(20)26/h5-6,9,11,13-14H,4,7-8,10H2,1-3H3,(H2,20,26)(H,24,25)(H2,21,22,27). The van der Waals surface area contributed by atoms with E-state index in [2.05, 4.69) is 10.6 Å². The van der Waals surface area contributed by atoms with Crippen molar-refractivity contribution >= 4 is 23.6 Å². The molecule has 0 bridgehead atoms. The summed E-state index contributed by atoms with van der Waals surface area (Å²) in [4.78, 5) is 36.6. The third kappa shape index (κ3) is 5.85. The van der Waals surface area contributed by atoms with Crippen LogP contribution in [0.3, 0.4) is 0 Å². The highest BCUT2D eigenvalue weighted by molar-refractivity contribution is 5.98. The van der Waals surface area contributed by atoms with Crippen molar-refractivity contribution in [2.75, 3.05) is 18.4 Å². The Morgan fingerprint density at radius 1 is 1.32 bits per heavy atom. The summed E-state index contributed by atoms with van der Waals surface area (Å²) in [5.74, 6) is -1.13. The predicted molar refractivity (Wildman–Crippen MR) is 105 cm³/mol. The van der Waals surface area contributed by atoms with E-state index in [1.54, 1.807) is 12.1 Å². The van der Waals surface area contributed by atoms with E-state index in [-0.39, 0.29) is 30.3 Å². The number of likely N-dealkylation sites (N-methyl/N-ethyl adjacent to an activating group) is 1. The van der Waals surface area contributed by atoms with Gasteiger partial charge in [-0.3, -0.25) is 14.5 Å². The number of nitrogens with one attached hydrogen (secondary N) is 2. The predicted octanol–water partition coefficient (Wildman–Crippen LogP) is 1.63. The molecule has 0 unspecified atom stereocenters. The molecule has 1 aliphatic carbocycles. The summed E-state index contributed by atoms with van der Waals surface area (Å²) in [7, 11) is 0. The molecular weight excluding hydrogens is 364 g/mol. The molecule has 1 fully saturated rings. The second kappa shape index (κ2) is 9.41. The first kappa shape index (κ1) is 21.5. The number of nitrogens with zero attached hydrogens (tertiary/aromatic N) is 1. The minimum atomic E-state index is -0.855. The number of carboxylic acids is 1. The number of rotatable bonds is 9. The van der Waals surface area contributed by atoms with Gasteiger partial charge in [0.15, 0.2) is 0 Å². The van der Waals surface area contributed by atoms with Gasteiger partial charge in [0.05, 0.1) is 18.2 Å². The summed E-state index contributed by atoms with van der Waals surface area (Å²) in [5, 5.41) is 14.5. The van der Waals surface area contributed by atoms with E-state index < -0.39 is 17.9 Å². The molecule has 0 heterocycles. The second-order valence-electron chi connectivity index (χ2n) is 7.12. The van der Waals surface area contributed by atoms with Crippen LogP contribution in [-0.4, -0.2) is 59.2 Å². The number of benzene rings is 1. The molecule has 5 N–H and O–H groups in total. The highest BCUT2D eigenvalue weighted by atomic mass is 16.5. The molecule has 0 aliphatic heterocycles. The molecule has 0 atom stereocenters. The van der Waals surface area contributed by atoms with Crippen LogP contribution in [0.4, 0.5) is 10.5 Å². The minimum absolute atomic E-state index is 0.000768. The van der Waals surface area contributed by atoms with E-state index in [1.165, 1.54) is 6.07 Å². The van der Waals surface area contributed by atoms with Crippen LogP contribution in [0.2, 0.25) is 0 Å². The molecule has 0 spiro atoms. The second-order valence-corrected chi connectivity index (χ2v) is 7.12. The maximum Gasteiger partial charge on any atom is 0.319 e. The molecule has 1 saturated carbocycles. The van der Waals surface area contributed by atoms with Crippen molar-refractivity contribution in [1.29, 1.82) is 0 Å². The maximum atomic E-state index is 12.2. The van der Waals surface area contributed by atoms with Crippen LogP contribution in [0, 0.1) is 0 Å². The lowest BCUT2D eigenvalue weighted by Gasteiger charge is -2.42. The summed E-state index contributed by atoms with van der Waals surface area (Å²) in [6.45, 7) is 6.25. The first-order valence-corrected chi connectivity index (χ1v) is 9.33. The fourth-order valence-electron chi connectivity index (χ4n) is 3.19. The number of nitrogens with two attached hydrogens (primary N) is 1. The lowest BCUT2D eigenvalue weighted by molar-refractivity contribution is -0.139. The number of primary amides is 1. The van der Waals surface area contributed by atoms with E-state index in [4.69, 9.17) is 15.6 Å². The van der Waals surface area contributed by atoms with Crippen LogP contribution < -0.4 is 21.1 Å². The number of hydrogen-bond acceptors (Lipinski definition) is 5. The maximum absolute atomic E-state index is 12.2. The van der Waals surface area contributed by atoms with Crippen molar-refractivity contribution in [2.24, 2.45) is 5.73 Å². The van der Waals surface area contributed by atoms with Crippen molar-refractivity contribution < 1.29 is 24.2 Å². The Labute approximate surface area is 164 Å². The average molecular weight is 392 g/mol. The van der Waals surface area contributed by atoms with Gasteiger partial charge in [-0.1, -0.05) is 6.92 Å². The van der Waals surface area contributed by atoms with Crippen molar-refractivity contribution in [1.82, 2.24) is 10.2 Å². The van der Waals surface area contributed by atoms with Gasteiger partial charge in [-0.15, -0.1) is 0 Å². The molecule has 9 nitrogen and oxygen atoms in total. The molecular formula is C19H28N4O5. The molecule has 0 aromatic heterocycles. The first-order chi connectivity index (χ1) is 13.2. The fourth-order valence-corrected chi connectivity index (χ4v) is 3.19. The van der Waals surface area contributed by atoms with Gasteiger partial charge in [-0.05, 0) is 51.4 Å². The first-order valence-electron chi connectivity index (χ1n) is 9.33. The lowest BCUT2D eigenvalue weighted by Crippen LogP contribution is -2.55. The van der Waals surface area contributed by atoms with E-state index in [0.29, 0.717) is 30.8 Å². The van der Waals surface area contributed by atoms with Crippen LogP contribution in [-0.2, 0) is 4.79 Å². The Morgan fingerprint density at radius 3 is 2.54 bits per heavy atom. The third-order valence-electron chi connectivity index (χ3n) is 4.57. The van der Waals surface area contributed by atoms with Gasteiger partial charge in [0, 0.05) is 17.8 Å². The summed E-state index contributed by atoms with van der Waals surface area (Å²) in [6, 6.07) is 4.46. The number of carboxylic acid groups (broad SMARTS) is 1. The van der Waals surface area contributed by atoms with Gasteiger partial charge >= 0.3 is 12.0 Å². The Balaban J connectivity index is 1.89. The number of anilines is 1. The van der Waals surface area contributed by atoms with Crippen molar-refractivity contribution in [2.45, 2.75) is 51.8 Å².